The van der Waals surface area contributed by atoms with Crippen molar-refractivity contribution in [3.05, 3.63) is 29.7 Å². The van der Waals surface area contributed by atoms with E-state index in [4.69, 9.17) is 5.11 Å². The second kappa shape index (κ2) is 3.66. The lowest BCUT2D eigenvalue weighted by molar-refractivity contribution is 0.0690. The van der Waals surface area contributed by atoms with Crippen LogP contribution in [0.25, 0.3) is 5.65 Å². The van der Waals surface area contributed by atoms with E-state index >= 15 is 0 Å². The van der Waals surface area contributed by atoms with Crippen LogP contribution in [0.15, 0.2) is 18.5 Å². The summed E-state index contributed by atoms with van der Waals surface area (Å²) in [5.41, 5.74) is 1.49. The molecular formula is C9H10N4O2. The zero-order valence-electron chi connectivity index (χ0n) is 8.14. The van der Waals surface area contributed by atoms with Crippen molar-refractivity contribution in [2.75, 3.05) is 7.05 Å². The van der Waals surface area contributed by atoms with Gasteiger partial charge in [-0.2, -0.15) is 5.10 Å². The van der Waals surface area contributed by atoms with E-state index in [2.05, 4.69) is 15.4 Å². The number of nitrogens with zero attached hydrogens (tertiary/aromatic N) is 3. The Bertz CT molecular complexity index is 506. The summed E-state index contributed by atoms with van der Waals surface area (Å²) in [6.45, 7) is 0.672. The molecule has 6 nitrogen and oxygen atoms in total. The Morgan fingerprint density at radius 1 is 1.67 bits per heavy atom. The van der Waals surface area contributed by atoms with Gasteiger partial charge in [0.1, 0.15) is 0 Å². The van der Waals surface area contributed by atoms with Gasteiger partial charge in [0.2, 0.25) is 0 Å². The number of hydrogen-bond acceptors (Lipinski definition) is 4. The SMILES string of the molecule is CNCc1cnc2cc(C(=O)O)nn2c1. The molecule has 2 heterocycles. The fourth-order valence-corrected chi connectivity index (χ4v) is 1.32. The smallest absolute Gasteiger partial charge is 0.356 e. The zero-order chi connectivity index (χ0) is 10.8. The fraction of sp³-hybridized carbons (Fsp3) is 0.222. The van der Waals surface area contributed by atoms with Crippen LogP contribution in [-0.2, 0) is 6.54 Å². The largest absolute Gasteiger partial charge is 0.476 e. The molecule has 15 heavy (non-hydrogen) atoms. The number of carboxylic acid groups (broad SMARTS) is 1. The van der Waals surface area contributed by atoms with Gasteiger partial charge in [0, 0.05) is 30.6 Å². The van der Waals surface area contributed by atoms with E-state index in [0.29, 0.717) is 12.2 Å². The predicted octanol–water partition coefficient (Wildman–Crippen LogP) is 0.147. The molecule has 0 radical (unpaired) electrons. The summed E-state index contributed by atoms with van der Waals surface area (Å²) in [5, 5.41) is 15.6. The number of hydrogen-bond donors (Lipinski definition) is 2. The van der Waals surface area contributed by atoms with Crippen molar-refractivity contribution in [1.29, 1.82) is 0 Å². The van der Waals surface area contributed by atoms with Crippen molar-refractivity contribution >= 4 is 11.6 Å². The standard InChI is InChI=1S/C9H10N4O2/c1-10-3-6-4-11-8-2-7(9(14)15)12-13(8)5-6/h2,4-5,10H,3H2,1H3,(H,14,15). The van der Waals surface area contributed by atoms with Crippen LogP contribution < -0.4 is 5.32 Å². The second-order valence-corrected chi connectivity index (χ2v) is 3.13. The zero-order valence-corrected chi connectivity index (χ0v) is 8.14. The van der Waals surface area contributed by atoms with Gasteiger partial charge in [-0.3, -0.25) is 0 Å². The fourth-order valence-electron chi connectivity index (χ4n) is 1.32. The average molecular weight is 206 g/mol. The van der Waals surface area contributed by atoms with E-state index in [1.54, 1.807) is 12.4 Å². The number of carboxylic acids is 1. The van der Waals surface area contributed by atoms with Gasteiger partial charge in [-0.25, -0.2) is 14.3 Å². The van der Waals surface area contributed by atoms with E-state index in [0.717, 1.165) is 5.56 Å². The molecular weight excluding hydrogens is 196 g/mol. The van der Waals surface area contributed by atoms with E-state index in [9.17, 15) is 4.79 Å². The van der Waals surface area contributed by atoms with Gasteiger partial charge >= 0.3 is 5.97 Å². The first-order valence-corrected chi connectivity index (χ1v) is 4.43. The van der Waals surface area contributed by atoms with Gasteiger partial charge in [0.05, 0.1) is 0 Å². The van der Waals surface area contributed by atoms with Gasteiger partial charge in [-0.1, -0.05) is 0 Å². The molecule has 0 unspecified atom stereocenters. The maximum absolute atomic E-state index is 10.7. The molecule has 78 valence electrons. The maximum atomic E-state index is 10.7. The number of aromatic carboxylic acids is 1. The lowest BCUT2D eigenvalue weighted by Gasteiger charge is -1.98. The van der Waals surface area contributed by atoms with Crippen molar-refractivity contribution in [2.45, 2.75) is 6.54 Å². The van der Waals surface area contributed by atoms with Gasteiger partial charge in [0.15, 0.2) is 11.3 Å². The number of nitrogens with one attached hydrogen (secondary N) is 1. The first-order chi connectivity index (χ1) is 7.20. The maximum Gasteiger partial charge on any atom is 0.356 e. The normalized spacial score (nSPS) is 10.7. The van der Waals surface area contributed by atoms with Crippen LogP contribution in [0.3, 0.4) is 0 Å². The summed E-state index contributed by atoms with van der Waals surface area (Å²) in [7, 11) is 1.83. The number of fused-ring (bicyclic) bond motifs is 1. The van der Waals surface area contributed by atoms with E-state index < -0.39 is 5.97 Å². The third-order valence-electron chi connectivity index (χ3n) is 1.97. The Morgan fingerprint density at radius 2 is 2.47 bits per heavy atom. The summed E-state index contributed by atoms with van der Waals surface area (Å²) in [6.07, 6.45) is 3.45. The van der Waals surface area contributed by atoms with Crippen molar-refractivity contribution in [3.63, 3.8) is 0 Å². The summed E-state index contributed by atoms with van der Waals surface area (Å²) >= 11 is 0. The monoisotopic (exact) mass is 206 g/mol. The van der Waals surface area contributed by atoms with Crippen LogP contribution >= 0.6 is 0 Å². The topological polar surface area (TPSA) is 79.5 Å². The highest BCUT2D eigenvalue weighted by Crippen LogP contribution is 2.05. The Hall–Kier alpha value is -1.95. The van der Waals surface area contributed by atoms with Crippen molar-refractivity contribution < 1.29 is 9.90 Å². The van der Waals surface area contributed by atoms with Crippen LogP contribution in [0, 0.1) is 0 Å². The Kier molecular flexibility index (Phi) is 2.34. The average Bonchev–Trinajstić information content (AvgIpc) is 2.61. The highest BCUT2D eigenvalue weighted by atomic mass is 16.4. The van der Waals surface area contributed by atoms with Crippen molar-refractivity contribution in [2.24, 2.45) is 0 Å². The molecule has 6 heteroatoms. The highest BCUT2D eigenvalue weighted by Gasteiger charge is 2.09. The van der Waals surface area contributed by atoms with Gasteiger partial charge in [-0.05, 0) is 7.05 Å². The first-order valence-electron chi connectivity index (χ1n) is 4.43. The molecule has 0 aliphatic rings. The number of carbonyl (C=O) groups is 1. The second-order valence-electron chi connectivity index (χ2n) is 3.13. The molecule has 0 aromatic carbocycles. The van der Waals surface area contributed by atoms with Crippen LogP contribution in [0.2, 0.25) is 0 Å². The summed E-state index contributed by atoms with van der Waals surface area (Å²) in [6, 6.07) is 1.44. The highest BCUT2D eigenvalue weighted by molar-refractivity contribution is 5.86. The summed E-state index contributed by atoms with van der Waals surface area (Å²) < 4.78 is 1.47. The van der Waals surface area contributed by atoms with E-state index in [1.807, 2.05) is 7.05 Å². The van der Waals surface area contributed by atoms with E-state index in [1.165, 1.54) is 10.6 Å². The Labute approximate surface area is 85.6 Å². The molecule has 0 saturated heterocycles. The van der Waals surface area contributed by atoms with Crippen molar-refractivity contribution in [1.82, 2.24) is 19.9 Å². The minimum Gasteiger partial charge on any atom is -0.476 e. The molecule has 0 aliphatic heterocycles. The van der Waals surface area contributed by atoms with Gasteiger partial charge in [-0.15, -0.1) is 0 Å². The summed E-state index contributed by atoms with van der Waals surface area (Å²) in [4.78, 5) is 14.8. The predicted molar refractivity (Wildman–Crippen MR) is 52.7 cm³/mol. The lowest BCUT2D eigenvalue weighted by atomic mass is 10.3. The van der Waals surface area contributed by atoms with Gasteiger partial charge < -0.3 is 10.4 Å². The lowest BCUT2D eigenvalue weighted by Crippen LogP contribution is -2.06. The molecule has 0 saturated carbocycles. The number of rotatable bonds is 3. The molecule has 2 aromatic heterocycles. The third-order valence-corrected chi connectivity index (χ3v) is 1.97. The van der Waals surface area contributed by atoms with Crippen molar-refractivity contribution in [3.8, 4) is 0 Å². The van der Waals surface area contributed by atoms with Gasteiger partial charge in [0.25, 0.3) is 0 Å². The molecule has 0 bridgehead atoms. The van der Waals surface area contributed by atoms with Crippen LogP contribution in [0.5, 0.6) is 0 Å². The first kappa shape index (κ1) is 9.60. The molecule has 0 aliphatic carbocycles. The van der Waals surface area contributed by atoms with Crippen LogP contribution in [0.4, 0.5) is 0 Å². The van der Waals surface area contributed by atoms with Crippen LogP contribution in [-0.4, -0.2) is 32.7 Å². The van der Waals surface area contributed by atoms with Crippen LogP contribution in [0.1, 0.15) is 16.1 Å². The number of aromatic nitrogens is 3. The Morgan fingerprint density at radius 3 is 3.13 bits per heavy atom. The van der Waals surface area contributed by atoms with E-state index in [-0.39, 0.29) is 5.69 Å². The molecule has 0 fully saturated rings. The minimum absolute atomic E-state index is 0.00380. The molecule has 0 amide bonds. The molecule has 2 aromatic rings. The summed E-state index contributed by atoms with van der Waals surface area (Å²) in [5.74, 6) is -1.05. The minimum atomic E-state index is -1.05. The molecule has 0 spiro atoms. The molecule has 2 rings (SSSR count). The Balaban J connectivity index is 2.47. The quantitative estimate of drug-likeness (QED) is 0.747. The third kappa shape index (κ3) is 1.79. The molecule has 2 N–H and O–H groups in total. The molecule has 0 atom stereocenters.